The highest BCUT2D eigenvalue weighted by atomic mass is 16.4. The highest BCUT2D eigenvalue weighted by molar-refractivity contribution is 5.84. The van der Waals surface area contributed by atoms with Gasteiger partial charge in [-0.1, -0.05) is 40.5 Å². The van der Waals surface area contributed by atoms with E-state index in [4.69, 9.17) is 4.42 Å². The molecule has 1 fully saturated rings. The molecule has 0 saturated heterocycles. The smallest absolute Gasteiger partial charge is 0.243 e. The molecular formula is C20H35N5O2. The highest BCUT2D eigenvalue weighted by Gasteiger charge is 2.23. The molecule has 2 unspecified atom stereocenters. The third-order valence-electron chi connectivity index (χ3n) is 5.00. The first-order valence-corrected chi connectivity index (χ1v) is 9.87. The Hall–Kier alpha value is -2.05. The number of aromatic nitrogens is 1. The number of guanidine groups is 1. The van der Waals surface area contributed by atoms with Crippen LogP contribution in [0.2, 0.25) is 0 Å². The second-order valence-electron chi connectivity index (χ2n) is 8.69. The number of likely N-dealkylation sites (N-methyl/N-ethyl adjacent to an activating group) is 1. The van der Waals surface area contributed by atoms with Crippen molar-refractivity contribution in [3.63, 3.8) is 0 Å². The predicted molar refractivity (Wildman–Crippen MR) is 108 cm³/mol. The summed E-state index contributed by atoms with van der Waals surface area (Å²) < 4.78 is 5.84. The lowest BCUT2D eigenvalue weighted by Gasteiger charge is -2.30. The number of hydrogen-bond donors (Lipinski definition) is 2. The van der Waals surface area contributed by atoms with Crippen molar-refractivity contribution < 1.29 is 9.21 Å². The molecule has 0 aliphatic heterocycles. The van der Waals surface area contributed by atoms with Crippen LogP contribution < -0.4 is 10.6 Å². The van der Waals surface area contributed by atoms with Crippen LogP contribution in [0.15, 0.2) is 15.6 Å². The zero-order chi connectivity index (χ0) is 20.0. The molecular weight excluding hydrogens is 342 g/mol. The molecule has 152 valence electrons. The maximum Gasteiger partial charge on any atom is 0.243 e. The third-order valence-corrected chi connectivity index (χ3v) is 5.00. The van der Waals surface area contributed by atoms with E-state index in [0.717, 1.165) is 12.2 Å². The van der Waals surface area contributed by atoms with Crippen molar-refractivity contribution >= 4 is 11.9 Å². The molecule has 1 aliphatic carbocycles. The molecule has 2 rings (SSSR count). The molecule has 0 bridgehead atoms. The van der Waals surface area contributed by atoms with Crippen molar-refractivity contribution in [2.24, 2.45) is 10.9 Å². The van der Waals surface area contributed by atoms with Crippen molar-refractivity contribution in [3.05, 3.63) is 17.8 Å². The fourth-order valence-electron chi connectivity index (χ4n) is 3.05. The number of hydrogen-bond acceptors (Lipinski definition) is 4. The minimum atomic E-state index is -0.0733. The summed E-state index contributed by atoms with van der Waals surface area (Å²) in [6.07, 6.45) is 6.62. The van der Waals surface area contributed by atoms with Crippen molar-refractivity contribution in [2.75, 3.05) is 20.6 Å². The molecule has 2 N–H and O–H groups in total. The largest absolute Gasteiger partial charge is 0.443 e. The van der Waals surface area contributed by atoms with Crippen LogP contribution in [0.5, 0.6) is 0 Å². The van der Waals surface area contributed by atoms with Crippen LogP contribution >= 0.6 is 0 Å². The molecule has 27 heavy (non-hydrogen) atoms. The van der Waals surface area contributed by atoms with Crippen LogP contribution in [-0.2, 0) is 16.8 Å². The number of carbonyl (C=O) groups is 1. The summed E-state index contributed by atoms with van der Waals surface area (Å²) in [5.74, 6) is 2.67. The Balaban J connectivity index is 2.03. The van der Waals surface area contributed by atoms with Crippen LogP contribution in [0.3, 0.4) is 0 Å². The summed E-state index contributed by atoms with van der Waals surface area (Å²) >= 11 is 0. The van der Waals surface area contributed by atoms with Gasteiger partial charge in [0.05, 0.1) is 12.7 Å². The summed E-state index contributed by atoms with van der Waals surface area (Å²) in [5.41, 5.74) is -0.0733. The zero-order valence-electron chi connectivity index (χ0n) is 17.6. The first-order valence-electron chi connectivity index (χ1n) is 9.87. The lowest BCUT2D eigenvalue weighted by molar-refractivity contribution is -0.127. The van der Waals surface area contributed by atoms with Gasteiger partial charge in [-0.05, 0) is 18.8 Å². The number of carbonyl (C=O) groups excluding carboxylic acids is 1. The Kier molecular flexibility index (Phi) is 7.27. The Morgan fingerprint density at radius 2 is 2.04 bits per heavy atom. The minimum absolute atomic E-state index is 0.0288. The van der Waals surface area contributed by atoms with E-state index in [-0.39, 0.29) is 17.9 Å². The summed E-state index contributed by atoms with van der Waals surface area (Å²) in [4.78, 5) is 22.3. The van der Waals surface area contributed by atoms with Gasteiger partial charge in [0.1, 0.15) is 12.3 Å². The van der Waals surface area contributed by atoms with E-state index in [1.165, 1.54) is 19.3 Å². The van der Waals surface area contributed by atoms with E-state index < -0.39 is 0 Å². The van der Waals surface area contributed by atoms with E-state index in [1.54, 1.807) is 25.2 Å². The Morgan fingerprint density at radius 1 is 1.33 bits per heavy atom. The monoisotopic (exact) mass is 377 g/mol. The Labute approximate surface area is 163 Å². The third kappa shape index (κ3) is 6.56. The molecule has 0 spiro atoms. The van der Waals surface area contributed by atoms with E-state index in [2.05, 4.69) is 48.3 Å². The first kappa shape index (κ1) is 21.3. The van der Waals surface area contributed by atoms with Crippen LogP contribution in [0.1, 0.15) is 65.0 Å². The van der Waals surface area contributed by atoms with E-state index in [1.807, 2.05) is 0 Å². The van der Waals surface area contributed by atoms with Crippen molar-refractivity contribution in [1.29, 1.82) is 0 Å². The first-order chi connectivity index (χ1) is 12.7. The second-order valence-corrected chi connectivity index (χ2v) is 8.69. The van der Waals surface area contributed by atoms with Crippen molar-refractivity contribution in [1.82, 2.24) is 20.5 Å². The number of aliphatic imine (C=N–C) groups is 1. The normalized spacial score (nSPS) is 21.0. The van der Waals surface area contributed by atoms with Crippen LogP contribution in [0.4, 0.5) is 0 Å². The van der Waals surface area contributed by atoms with Gasteiger partial charge in [-0.2, -0.15) is 0 Å². The lowest BCUT2D eigenvalue weighted by atomic mass is 9.86. The summed E-state index contributed by atoms with van der Waals surface area (Å²) in [6, 6.07) is 0.370. The summed E-state index contributed by atoms with van der Waals surface area (Å²) in [6.45, 7) is 9.09. The quantitative estimate of drug-likeness (QED) is 0.609. The fourth-order valence-corrected chi connectivity index (χ4v) is 3.05. The van der Waals surface area contributed by atoms with E-state index in [0.29, 0.717) is 30.4 Å². The van der Waals surface area contributed by atoms with Crippen LogP contribution in [0, 0.1) is 5.92 Å². The van der Waals surface area contributed by atoms with Gasteiger partial charge < -0.3 is 20.0 Å². The molecule has 1 aromatic heterocycles. The second kappa shape index (κ2) is 9.24. The average Bonchev–Trinajstić information content (AvgIpc) is 3.08. The molecule has 7 heteroatoms. The molecule has 1 aliphatic rings. The van der Waals surface area contributed by atoms with Gasteiger partial charge in [-0.15, -0.1) is 0 Å². The number of amides is 1. The van der Waals surface area contributed by atoms with Gasteiger partial charge in [-0.3, -0.25) is 4.79 Å². The van der Waals surface area contributed by atoms with Gasteiger partial charge in [0.25, 0.3) is 0 Å². The molecule has 1 aromatic rings. The number of nitrogens with one attached hydrogen (secondary N) is 2. The van der Waals surface area contributed by atoms with Crippen LogP contribution in [0.25, 0.3) is 0 Å². The van der Waals surface area contributed by atoms with E-state index >= 15 is 0 Å². The molecule has 1 amide bonds. The molecule has 7 nitrogen and oxygen atoms in total. The number of nitrogens with zero attached hydrogens (tertiary/aromatic N) is 3. The maximum atomic E-state index is 11.9. The van der Waals surface area contributed by atoms with Gasteiger partial charge in [0.15, 0.2) is 5.96 Å². The molecule has 1 heterocycles. The maximum absolute atomic E-state index is 11.9. The Morgan fingerprint density at radius 3 is 2.63 bits per heavy atom. The average molecular weight is 378 g/mol. The fraction of sp³-hybridized carbons (Fsp3) is 0.750. The topological polar surface area (TPSA) is 82.8 Å². The van der Waals surface area contributed by atoms with Gasteiger partial charge >= 0.3 is 0 Å². The molecule has 1 saturated carbocycles. The molecule has 0 radical (unpaired) electrons. The highest BCUT2D eigenvalue weighted by Crippen LogP contribution is 2.24. The Bertz CT molecular complexity index is 645. The van der Waals surface area contributed by atoms with Crippen molar-refractivity contribution in [3.8, 4) is 0 Å². The molecule has 2 atom stereocenters. The van der Waals surface area contributed by atoms with Gasteiger partial charge in [0.2, 0.25) is 11.8 Å². The van der Waals surface area contributed by atoms with E-state index in [9.17, 15) is 4.79 Å². The SMILES string of the molecule is CC1CCCCC1NC(=NCC(=O)N(C)C)NCc1ncc(C(C)(C)C)o1. The van der Waals surface area contributed by atoms with Gasteiger partial charge in [0, 0.05) is 25.6 Å². The van der Waals surface area contributed by atoms with Crippen molar-refractivity contribution in [2.45, 2.75) is 71.4 Å². The number of rotatable bonds is 5. The summed E-state index contributed by atoms with van der Waals surface area (Å²) in [7, 11) is 3.48. The standard InChI is InChI=1S/C20H35N5O2/c1-14-9-7-8-10-15(14)24-19(23-13-18(26)25(5)6)22-12-17-21-11-16(27-17)20(2,3)4/h11,14-15H,7-10,12-13H2,1-6H3,(H2,22,23,24). The van der Waals surface area contributed by atoms with Crippen LogP contribution in [-0.4, -0.2) is 48.4 Å². The lowest BCUT2D eigenvalue weighted by Crippen LogP contribution is -2.47. The minimum Gasteiger partial charge on any atom is -0.443 e. The van der Waals surface area contributed by atoms with Gasteiger partial charge in [-0.25, -0.2) is 9.98 Å². The zero-order valence-corrected chi connectivity index (χ0v) is 17.6. The predicted octanol–water partition coefficient (Wildman–Crippen LogP) is 2.67. The molecule has 0 aromatic carbocycles. The number of oxazole rings is 1. The summed E-state index contributed by atoms with van der Waals surface area (Å²) in [5, 5.41) is 6.78.